The number of hydrogen-bond donors (Lipinski definition) is 1. The molecule has 2 aromatic heterocycles. The van der Waals surface area contributed by atoms with Gasteiger partial charge < -0.3 is 15.5 Å². The summed E-state index contributed by atoms with van der Waals surface area (Å²) in [4.78, 5) is 25.2. The second-order valence-corrected chi connectivity index (χ2v) is 12.4. The van der Waals surface area contributed by atoms with Gasteiger partial charge in [0, 0.05) is 31.4 Å². The number of sulfone groups is 1. The number of nitrogens with zero attached hydrogens (tertiary/aromatic N) is 4. The van der Waals surface area contributed by atoms with Crippen molar-refractivity contribution in [2.24, 2.45) is 11.7 Å². The number of amides is 1. The lowest BCUT2D eigenvalue weighted by atomic mass is 9.97. The highest BCUT2D eigenvalue weighted by Gasteiger charge is 2.40. The first kappa shape index (κ1) is 25.1. The molecule has 0 spiro atoms. The lowest BCUT2D eigenvalue weighted by Crippen LogP contribution is -2.40. The topological polar surface area (TPSA) is 109 Å². The lowest BCUT2D eigenvalue weighted by molar-refractivity contribution is 0.0997. The van der Waals surface area contributed by atoms with Gasteiger partial charge in [0.25, 0.3) is 5.91 Å². The number of halogens is 1. The molecule has 1 unspecified atom stereocenters. The molecule has 0 saturated carbocycles. The molecule has 4 heterocycles. The van der Waals surface area contributed by atoms with Crippen molar-refractivity contribution >= 4 is 27.4 Å². The van der Waals surface area contributed by atoms with Crippen LogP contribution < -0.4 is 15.5 Å². The SMILES string of the molecule is CC1CN(c2nccc(S(=O)(=O)c3cccc(N4CCc5ccc(F)cc5C4)n3)c2C(N)=O)C(C)(C)C1. The molecule has 10 heteroatoms. The summed E-state index contributed by atoms with van der Waals surface area (Å²) in [6.45, 7) is 7.85. The van der Waals surface area contributed by atoms with Crippen LogP contribution in [0.1, 0.15) is 48.7 Å². The van der Waals surface area contributed by atoms with Crippen LogP contribution in [0.15, 0.2) is 58.6 Å². The number of rotatable bonds is 5. The maximum Gasteiger partial charge on any atom is 0.253 e. The van der Waals surface area contributed by atoms with Gasteiger partial charge in [-0.1, -0.05) is 19.1 Å². The van der Waals surface area contributed by atoms with Crippen LogP contribution in [0.5, 0.6) is 0 Å². The van der Waals surface area contributed by atoms with Gasteiger partial charge in [0.15, 0.2) is 5.03 Å². The number of anilines is 2. The third-order valence-corrected chi connectivity index (χ3v) is 8.94. The van der Waals surface area contributed by atoms with Crippen LogP contribution in [-0.4, -0.2) is 42.9 Å². The normalized spacial score (nSPS) is 19.1. The first-order valence-electron chi connectivity index (χ1n) is 12.3. The van der Waals surface area contributed by atoms with Gasteiger partial charge >= 0.3 is 0 Å². The molecule has 0 aliphatic carbocycles. The van der Waals surface area contributed by atoms with Gasteiger partial charge in [-0.05, 0) is 74.1 Å². The first-order chi connectivity index (χ1) is 17.5. The molecule has 1 amide bonds. The number of carbonyl (C=O) groups excluding carboxylic acids is 1. The molecule has 2 N–H and O–H groups in total. The summed E-state index contributed by atoms with van der Waals surface area (Å²) in [7, 11) is -4.21. The average molecular weight is 524 g/mol. The Hall–Kier alpha value is -3.53. The Morgan fingerprint density at radius 3 is 2.65 bits per heavy atom. The van der Waals surface area contributed by atoms with Crippen molar-refractivity contribution in [3.63, 3.8) is 0 Å². The fourth-order valence-corrected chi connectivity index (χ4v) is 7.01. The number of carbonyl (C=O) groups is 1. The van der Waals surface area contributed by atoms with Gasteiger partial charge in [0.05, 0.1) is 4.90 Å². The second kappa shape index (κ2) is 9.09. The van der Waals surface area contributed by atoms with Crippen molar-refractivity contribution < 1.29 is 17.6 Å². The molecule has 37 heavy (non-hydrogen) atoms. The summed E-state index contributed by atoms with van der Waals surface area (Å²) in [5.74, 6) is -0.0933. The van der Waals surface area contributed by atoms with Crippen LogP contribution in [0.25, 0.3) is 0 Å². The van der Waals surface area contributed by atoms with Crippen LogP contribution in [-0.2, 0) is 22.8 Å². The number of nitrogens with two attached hydrogens (primary N) is 1. The maximum absolute atomic E-state index is 13.8. The van der Waals surface area contributed by atoms with Crippen LogP contribution in [0.4, 0.5) is 16.0 Å². The molecule has 2 aliphatic heterocycles. The molecule has 194 valence electrons. The highest BCUT2D eigenvalue weighted by atomic mass is 32.2. The summed E-state index contributed by atoms with van der Waals surface area (Å²) in [5, 5.41) is -0.191. The molecule has 1 fully saturated rings. The standard InChI is InChI=1S/C27H30FN5O3S/c1-17-14-27(2,3)33(15-17)26-24(25(29)34)21(9-11-30-26)37(35,36)23-6-4-5-22(31-23)32-12-10-18-7-8-20(28)13-19(18)16-32/h4-9,11,13,17H,10,12,14-16H2,1-3H3,(H2,29,34). The molecule has 2 aliphatic rings. The molecule has 1 aromatic carbocycles. The van der Waals surface area contributed by atoms with E-state index >= 15 is 0 Å². The molecule has 0 radical (unpaired) electrons. The van der Waals surface area contributed by atoms with Crippen LogP contribution in [0, 0.1) is 11.7 Å². The van der Waals surface area contributed by atoms with Crippen molar-refractivity contribution in [3.8, 4) is 0 Å². The Morgan fingerprint density at radius 2 is 1.95 bits per heavy atom. The minimum Gasteiger partial charge on any atom is -0.365 e. The molecule has 0 bridgehead atoms. The van der Waals surface area contributed by atoms with Crippen molar-refractivity contribution in [2.75, 3.05) is 22.9 Å². The van der Waals surface area contributed by atoms with E-state index in [1.807, 2.05) is 23.6 Å². The maximum atomic E-state index is 13.8. The van der Waals surface area contributed by atoms with E-state index in [1.54, 1.807) is 18.2 Å². The van der Waals surface area contributed by atoms with Gasteiger partial charge in [-0.3, -0.25) is 4.79 Å². The molecular formula is C27H30FN5O3S. The van der Waals surface area contributed by atoms with Crippen LogP contribution in [0.2, 0.25) is 0 Å². The molecule has 1 saturated heterocycles. The number of fused-ring (bicyclic) bond motifs is 1. The van der Waals surface area contributed by atoms with Crippen molar-refractivity contribution in [1.82, 2.24) is 9.97 Å². The Bertz CT molecular complexity index is 1490. The zero-order chi connectivity index (χ0) is 26.5. The highest BCUT2D eigenvalue weighted by molar-refractivity contribution is 7.91. The zero-order valence-corrected chi connectivity index (χ0v) is 21.9. The van der Waals surface area contributed by atoms with Crippen LogP contribution >= 0.6 is 0 Å². The Balaban J connectivity index is 1.54. The number of primary amides is 1. The van der Waals surface area contributed by atoms with E-state index in [4.69, 9.17) is 5.73 Å². The second-order valence-electron chi connectivity index (χ2n) is 10.5. The smallest absolute Gasteiger partial charge is 0.253 e. The van der Waals surface area contributed by atoms with E-state index in [1.165, 1.54) is 30.5 Å². The van der Waals surface area contributed by atoms with Gasteiger partial charge in [-0.2, -0.15) is 0 Å². The predicted octanol–water partition coefficient (Wildman–Crippen LogP) is 3.73. The van der Waals surface area contributed by atoms with E-state index in [9.17, 15) is 17.6 Å². The molecule has 3 aromatic rings. The van der Waals surface area contributed by atoms with E-state index in [-0.39, 0.29) is 32.7 Å². The van der Waals surface area contributed by atoms with E-state index in [0.717, 1.165) is 17.5 Å². The fraction of sp³-hybridized carbons (Fsp3) is 0.370. The van der Waals surface area contributed by atoms with Gasteiger partial charge in [0.1, 0.15) is 23.0 Å². The molecule has 5 rings (SSSR count). The zero-order valence-electron chi connectivity index (χ0n) is 21.1. The largest absolute Gasteiger partial charge is 0.365 e. The number of benzene rings is 1. The third-order valence-electron chi connectivity index (χ3n) is 7.25. The summed E-state index contributed by atoms with van der Waals surface area (Å²) < 4.78 is 41.5. The quantitative estimate of drug-likeness (QED) is 0.543. The van der Waals surface area contributed by atoms with Crippen LogP contribution in [0.3, 0.4) is 0 Å². The summed E-state index contributed by atoms with van der Waals surface area (Å²) in [6.07, 6.45) is 2.96. The third kappa shape index (κ3) is 4.54. The minimum atomic E-state index is -4.21. The molecule has 8 nitrogen and oxygen atoms in total. The summed E-state index contributed by atoms with van der Waals surface area (Å²) in [6, 6.07) is 10.8. The minimum absolute atomic E-state index is 0.126. The molecule has 1 atom stereocenters. The van der Waals surface area contributed by atoms with Crippen molar-refractivity contribution in [1.29, 1.82) is 0 Å². The van der Waals surface area contributed by atoms with Gasteiger partial charge in [0.2, 0.25) is 9.84 Å². The first-order valence-corrected chi connectivity index (χ1v) is 13.8. The summed E-state index contributed by atoms with van der Waals surface area (Å²) in [5.41, 5.74) is 7.22. The highest BCUT2D eigenvalue weighted by Crippen LogP contribution is 2.39. The Labute approximate surface area is 216 Å². The monoisotopic (exact) mass is 523 g/mol. The average Bonchev–Trinajstić information content (AvgIpc) is 3.14. The van der Waals surface area contributed by atoms with Crippen molar-refractivity contribution in [2.45, 2.75) is 55.6 Å². The predicted molar refractivity (Wildman–Crippen MR) is 139 cm³/mol. The van der Waals surface area contributed by atoms with Crippen molar-refractivity contribution in [3.05, 3.63) is 71.2 Å². The van der Waals surface area contributed by atoms with Gasteiger partial charge in [-0.15, -0.1) is 0 Å². The Morgan fingerprint density at radius 1 is 1.16 bits per heavy atom. The lowest BCUT2D eigenvalue weighted by Gasteiger charge is -2.34. The summed E-state index contributed by atoms with van der Waals surface area (Å²) >= 11 is 0. The fourth-order valence-electron chi connectivity index (χ4n) is 5.62. The molecular weight excluding hydrogens is 493 g/mol. The van der Waals surface area contributed by atoms with E-state index < -0.39 is 15.7 Å². The number of hydrogen-bond acceptors (Lipinski definition) is 7. The number of aromatic nitrogens is 2. The number of pyridine rings is 2. The van der Waals surface area contributed by atoms with E-state index in [0.29, 0.717) is 37.8 Å². The Kier molecular flexibility index (Phi) is 6.18. The van der Waals surface area contributed by atoms with E-state index in [2.05, 4.69) is 16.9 Å². The van der Waals surface area contributed by atoms with Gasteiger partial charge in [-0.25, -0.2) is 22.8 Å².